The Bertz CT molecular complexity index is 884. The van der Waals surface area contributed by atoms with E-state index in [0.29, 0.717) is 5.56 Å². The van der Waals surface area contributed by atoms with E-state index in [0.717, 1.165) is 12.1 Å². The number of hydrogen-bond acceptors (Lipinski definition) is 4. The van der Waals surface area contributed by atoms with Crippen molar-refractivity contribution >= 4 is 9.84 Å². The molecule has 0 bridgehead atoms. The lowest BCUT2D eigenvalue weighted by Crippen LogP contribution is -2.12. The van der Waals surface area contributed by atoms with E-state index in [2.05, 4.69) is 0 Å². The zero-order chi connectivity index (χ0) is 15.2. The van der Waals surface area contributed by atoms with Gasteiger partial charge in [-0.15, -0.1) is 0 Å². The Morgan fingerprint density at radius 3 is 2.43 bits per heavy atom. The average molecular weight is 303 g/mol. The summed E-state index contributed by atoms with van der Waals surface area (Å²) in [5.41, 5.74) is 0.572. The van der Waals surface area contributed by atoms with Gasteiger partial charge in [0.15, 0.2) is 0 Å². The largest absolute Gasteiger partial charge is 0.455 e. The number of rotatable bonds is 1. The van der Waals surface area contributed by atoms with Crippen molar-refractivity contribution in [1.29, 1.82) is 5.26 Å². The van der Waals surface area contributed by atoms with Gasteiger partial charge in [0.1, 0.15) is 27.1 Å². The van der Waals surface area contributed by atoms with Gasteiger partial charge in [-0.1, -0.05) is 6.07 Å². The second-order valence-electron chi connectivity index (χ2n) is 4.75. The fourth-order valence-corrected chi connectivity index (χ4v) is 3.72. The quantitative estimate of drug-likeness (QED) is 0.691. The number of hydrogen-bond donors (Lipinski definition) is 0. The summed E-state index contributed by atoms with van der Waals surface area (Å²) in [5.74, 6) is -0.807. The lowest BCUT2D eigenvalue weighted by atomic mass is 10.0. The molecule has 1 heterocycles. The van der Waals surface area contributed by atoms with Crippen molar-refractivity contribution in [3.05, 3.63) is 47.8 Å². The molecule has 0 saturated carbocycles. The summed E-state index contributed by atoms with van der Waals surface area (Å²) in [7, 11) is -3.86. The number of halogens is 1. The molecular formula is C15H10FNO3S. The van der Waals surface area contributed by atoms with Crippen molar-refractivity contribution < 1.29 is 17.5 Å². The molecule has 2 aromatic carbocycles. The van der Waals surface area contributed by atoms with Crippen LogP contribution in [0, 0.1) is 17.1 Å². The second-order valence-corrected chi connectivity index (χ2v) is 6.64. The van der Waals surface area contributed by atoms with Gasteiger partial charge in [0, 0.05) is 0 Å². The van der Waals surface area contributed by atoms with Crippen LogP contribution in [0.15, 0.2) is 46.2 Å². The monoisotopic (exact) mass is 303 g/mol. The van der Waals surface area contributed by atoms with Crippen LogP contribution in [0.25, 0.3) is 0 Å². The summed E-state index contributed by atoms with van der Waals surface area (Å²) in [5, 5.41) is 8.94. The fraction of sp³-hybridized carbons (Fsp3) is 0.133. The molecule has 0 radical (unpaired) electrons. The van der Waals surface area contributed by atoms with E-state index in [1.807, 2.05) is 6.07 Å². The maximum atomic E-state index is 13.3. The zero-order valence-corrected chi connectivity index (χ0v) is 11.8. The van der Waals surface area contributed by atoms with Gasteiger partial charge in [0.05, 0.1) is 12.0 Å². The Hall–Kier alpha value is -2.39. The first-order valence-electron chi connectivity index (χ1n) is 6.19. The van der Waals surface area contributed by atoms with Crippen molar-refractivity contribution in [3.8, 4) is 17.6 Å². The number of nitriles is 1. The van der Waals surface area contributed by atoms with Gasteiger partial charge in [-0.25, -0.2) is 12.8 Å². The minimum Gasteiger partial charge on any atom is -0.455 e. The van der Waals surface area contributed by atoms with Gasteiger partial charge in [0.2, 0.25) is 9.84 Å². The minimum absolute atomic E-state index is 0.0415. The maximum Gasteiger partial charge on any atom is 0.214 e. The third kappa shape index (κ3) is 2.06. The predicted octanol–water partition coefficient (Wildman–Crippen LogP) is 3.39. The number of ether oxygens (including phenoxy) is 1. The Morgan fingerprint density at radius 2 is 1.76 bits per heavy atom. The van der Waals surface area contributed by atoms with Gasteiger partial charge < -0.3 is 4.74 Å². The van der Waals surface area contributed by atoms with E-state index in [1.165, 1.54) is 18.2 Å². The van der Waals surface area contributed by atoms with E-state index < -0.39 is 21.6 Å². The van der Waals surface area contributed by atoms with Crippen molar-refractivity contribution in [2.24, 2.45) is 0 Å². The molecule has 0 spiro atoms. The van der Waals surface area contributed by atoms with E-state index in [4.69, 9.17) is 10.00 Å². The molecule has 1 atom stereocenters. The van der Waals surface area contributed by atoms with Gasteiger partial charge in [-0.3, -0.25) is 0 Å². The Labute approximate surface area is 121 Å². The molecule has 0 aromatic heterocycles. The normalized spacial score (nSPS) is 16.0. The van der Waals surface area contributed by atoms with E-state index in [1.54, 1.807) is 13.0 Å². The highest BCUT2D eigenvalue weighted by molar-refractivity contribution is 7.91. The average Bonchev–Trinajstić information content (AvgIpc) is 2.47. The van der Waals surface area contributed by atoms with Gasteiger partial charge in [0.25, 0.3) is 0 Å². The molecule has 1 aliphatic heterocycles. The van der Waals surface area contributed by atoms with Gasteiger partial charge >= 0.3 is 0 Å². The zero-order valence-electron chi connectivity index (χ0n) is 11.0. The molecule has 4 nitrogen and oxygen atoms in total. The topological polar surface area (TPSA) is 67.2 Å². The molecule has 1 aliphatic rings. The highest BCUT2D eigenvalue weighted by atomic mass is 32.2. The predicted molar refractivity (Wildman–Crippen MR) is 72.4 cm³/mol. The molecule has 0 saturated heterocycles. The minimum atomic E-state index is -3.86. The lowest BCUT2D eigenvalue weighted by molar-refractivity contribution is 0.439. The van der Waals surface area contributed by atoms with Crippen LogP contribution < -0.4 is 4.74 Å². The van der Waals surface area contributed by atoms with Gasteiger partial charge in [-0.05, 0) is 42.8 Å². The Kier molecular flexibility index (Phi) is 2.96. The fourth-order valence-electron chi connectivity index (χ4n) is 2.18. The first kappa shape index (κ1) is 13.6. The highest BCUT2D eigenvalue weighted by Crippen LogP contribution is 2.43. The molecular weight excluding hydrogens is 293 g/mol. The summed E-state index contributed by atoms with van der Waals surface area (Å²) in [4.78, 5) is -0.239. The third-order valence-electron chi connectivity index (χ3n) is 3.37. The summed E-state index contributed by atoms with van der Waals surface area (Å²) in [6, 6.07) is 9.99. The molecule has 6 heteroatoms. The van der Waals surface area contributed by atoms with E-state index >= 15 is 0 Å². The Morgan fingerprint density at radius 1 is 1.14 bits per heavy atom. The molecule has 106 valence electrons. The van der Waals surface area contributed by atoms with Crippen LogP contribution in [0.2, 0.25) is 0 Å². The number of benzene rings is 2. The first-order chi connectivity index (χ1) is 9.93. The number of sulfone groups is 1. The first-order valence-corrected chi connectivity index (χ1v) is 7.68. The summed E-state index contributed by atoms with van der Waals surface area (Å²) >= 11 is 0. The van der Waals surface area contributed by atoms with Crippen LogP contribution in [-0.2, 0) is 9.84 Å². The maximum absolute atomic E-state index is 13.3. The van der Waals surface area contributed by atoms with Crippen molar-refractivity contribution in [3.63, 3.8) is 0 Å². The summed E-state index contributed by atoms with van der Waals surface area (Å²) in [6.07, 6.45) is 0. The number of fused-ring (bicyclic) bond motifs is 2. The van der Waals surface area contributed by atoms with Crippen LogP contribution in [0.4, 0.5) is 4.39 Å². The van der Waals surface area contributed by atoms with Gasteiger partial charge in [-0.2, -0.15) is 5.26 Å². The molecule has 0 aliphatic carbocycles. The second kappa shape index (κ2) is 4.57. The Balaban J connectivity index is 2.24. The highest BCUT2D eigenvalue weighted by Gasteiger charge is 2.32. The molecule has 0 N–H and O–H groups in total. The van der Waals surface area contributed by atoms with E-state index in [9.17, 15) is 12.8 Å². The molecule has 3 rings (SSSR count). The molecule has 1 unspecified atom stereocenters. The van der Waals surface area contributed by atoms with E-state index in [-0.39, 0.29) is 21.3 Å². The summed E-state index contributed by atoms with van der Waals surface area (Å²) < 4.78 is 44.0. The molecule has 0 amide bonds. The van der Waals surface area contributed by atoms with Crippen LogP contribution in [0.3, 0.4) is 0 Å². The van der Waals surface area contributed by atoms with Crippen molar-refractivity contribution in [2.75, 3.05) is 0 Å². The van der Waals surface area contributed by atoms with Crippen LogP contribution in [-0.4, -0.2) is 8.42 Å². The third-order valence-corrected chi connectivity index (χ3v) is 5.16. The molecule has 0 fully saturated rings. The van der Waals surface area contributed by atoms with Crippen LogP contribution in [0.5, 0.6) is 11.5 Å². The van der Waals surface area contributed by atoms with Crippen molar-refractivity contribution in [2.45, 2.75) is 22.6 Å². The SMILES string of the molecule is CC(C#N)c1ccc2c(c1)S(=O)(=O)c1cc(F)ccc1O2. The molecule has 21 heavy (non-hydrogen) atoms. The van der Waals surface area contributed by atoms with Crippen LogP contribution >= 0.6 is 0 Å². The van der Waals surface area contributed by atoms with Crippen molar-refractivity contribution in [1.82, 2.24) is 0 Å². The smallest absolute Gasteiger partial charge is 0.214 e. The molecule has 2 aromatic rings. The lowest BCUT2D eigenvalue weighted by Gasteiger charge is -2.21. The standard InChI is InChI=1S/C15H10FNO3S/c1-9(8-17)10-2-4-12-14(6-10)21(18,19)15-7-11(16)3-5-13(15)20-12/h2-7,9H,1H3. The number of nitrogens with zero attached hydrogens (tertiary/aromatic N) is 1. The van der Waals surface area contributed by atoms with Crippen LogP contribution in [0.1, 0.15) is 18.4 Å². The summed E-state index contributed by atoms with van der Waals surface area (Å²) in [6.45, 7) is 1.67.